The van der Waals surface area contributed by atoms with Gasteiger partial charge in [0, 0.05) is 32.7 Å². The number of H-pyrrole nitrogens is 1. The van der Waals surface area contributed by atoms with Gasteiger partial charge in [-0.1, -0.05) is 19.1 Å². The number of benzene rings is 1. The standard InChI is InChI=1S/C21H28N8O3S/c1-3-28(2)33(31,32)18-9-5-4-8-17(18)22-12-19(30)26-15-7-6-10-29(13-15)21-16-11-25-27-20(16)23-14-24-21/h4-5,8-9,11,14-15,22H,3,6-7,10,12-13H2,1-2H3,(H,26,30)(H,23,24,25,27)/t15-/m1/s1. The predicted octanol–water partition coefficient (Wildman–Crippen LogP) is 1.19. The Morgan fingerprint density at radius 1 is 1.30 bits per heavy atom. The monoisotopic (exact) mass is 472 g/mol. The Morgan fingerprint density at radius 2 is 2.12 bits per heavy atom. The summed E-state index contributed by atoms with van der Waals surface area (Å²) in [6.07, 6.45) is 4.97. The number of carbonyl (C=O) groups is 1. The molecule has 0 bridgehead atoms. The van der Waals surface area contributed by atoms with Crippen LogP contribution in [0.2, 0.25) is 0 Å². The second-order valence-corrected chi connectivity index (χ2v) is 9.96. The molecule has 4 rings (SSSR count). The summed E-state index contributed by atoms with van der Waals surface area (Å²) in [6, 6.07) is 6.57. The number of amides is 1. The van der Waals surface area contributed by atoms with Crippen molar-refractivity contribution in [1.82, 2.24) is 29.8 Å². The molecule has 1 atom stereocenters. The molecule has 1 saturated heterocycles. The van der Waals surface area contributed by atoms with Gasteiger partial charge in [-0.15, -0.1) is 0 Å². The maximum absolute atomic E-state index is 12.8. The van der Waals surface area contributed by atoms with Crippen molar-refractivity contribution < 1.29 is 13.2 Å². The minimum atomic E-state index is -3.63. The summed E-state index contributed by atoms with van der Waals surface area (Å²) in [4.78, 5) is 23.5. The fourth-order valence-electron chi connectivity index (χ4n) is 3.92. The minimum absolute atomic E-state index is 0.0294. The lowest BCUT2D eigenvalue weighted by atomic mass is 10.1. The number of hydrogen-bond donors (Lipinski definition) is 3. The third-order valence-electron chi connectivity index (χ3n) is 5.77. The summed E-state index contributed by atoms with van der Waals surface area (Å²) in [6.45, 7) is 3.55. The Morgan fingerprint density at radius 3 is 2.94 bits per heavy atom. The van der Waals surface area contributed by atoms with Gasteiger partial charge in [0.2, 0.25) is 15.9 Å². The molecule has 3 aromatic rings. The van der Waals surface area contributed by atoms with Gasteiger partial charge in [0.15, 0.2) is 5.65 Å². The highest BCUT2D eigenvalue weighted by Gasteiger charge is 2.25. The lowest BCUT2D eigenvalue weighted by Gasteiger charge is -2.34. The zero-order chi connectivity index (χ0) is 23.4. The van der Waals surface area contributed by atoms with E-state index in [1.165, 1.54) is 17.7 Å². The maximum Gasteiger partial charge on any atom is 0.244 e. The van der Waals surface area contributed by atoms with Crippen LogP contribution in [-0.4, -0.2) is 78.1 Å². The van der Waals surface area contributed by atoms with E-state index >= 15 is 0 Å². The van der Waals surface area contributed by atoms with Crippen LogP contribution in [0.5, 0.6) is 0 Å². The Kier molecular flexibility index (Phi) is 6.75. The van der Waals surface area contributed by atoms with Crippen LogP contribution in [0.15, 0.2) is 41.7 Å². The normalized spacial score (nSPS) is 16.8. The zero-order valence-electron chi connectivity index (χ0n) is 18.7. The number of para-hydroxylation sites is 1. The number of sulfonamides is 1. The van der Waals surface area contributed by atoms with Crippen molar-refractivity contribution in [1.29, 1.82) is 0 Å². The van der Waals surface area contributed by atoms with Crippen molar-refractivity contribution in [2.24, 2.45) is 0 Å². The molecule has 1 aliphatic heterocycles. The molecule has 33 heavy (non-hydrogen) atoms. The maximum atomic E-state index is 12.8. The first-order valence-corrected chi connectivity index (χ1v) is 12.3. The van der Waals surface area contributed by atoms with Crippen molar-refractivity contribution in [3.8, 4) is 0 Å². The third kappa shape index (κ3) is 4.91. The van der Waals surface area contributed by atoms with E-state index in [9.17, 15) is 13.2 Å². The smallest absolute Gasteiger partial charge is 0.244 e. The Hall–Kier alpha value is -3.25. The van der Waals surface area contributed by atoms with Crippen LogP contribution in [0.4, 0.5) is 11.5 Å². The molecule has 11 nitrogen and oxygen atoms in total. The molecule has 0 radical (unpaired) electrons. The molecule has 1 fully saturated rings. The Balaban J connectivity index is 1.39. The van der Waals surface area contributed by atoms with Crippen LogP contribution in [0.3, 0.4) is 0 Å². The van der Waals surface area contributed by atoms with Gasteiger partial charge >= 0.3 is 0 Å². The zero-order valence-corrected chi connectivity index (χ0v) is 19.5. The lowest BCUT2D eigenvalue weighted by molar-refractivity contribution is -0.120. The largest absolute Gasteiger partial charge is 0.375 e. The van der Waals surface area contributed by atoms with Crippen molar-refractivity contribution in [2.45, 2.75) is 30.7 Å². The minimum Gasteiger partial charge on any atom is -0.375 e. The van der Waals surface area contributed by atoms with Crippen LogP contribution in [-0.2, 0) is 14.8 Å². The summed E-state index contributed by atoms with van der Waals surface area (Å²) in [5, 5.41) is 13.8. The first-order chi connectivity index (χ1) is 15.9. The molecular formula is C21H28N8O3S. The first-order valence-electron chi connectivity index (χ1n) is 10.9. The lowest BCUT2D eigenvalue weighted by Crippen LogP contribution is -2.49. The molecule has 1 aliphatic rings. The summed E-state index contributed by atoms with van der Waals surface area (Å²) in [5.41, 5.74) is 1.08. The Labute approximate surface area is 192 Å². The number of nitrogens with one attached hydrogen (secondary N) is 3. The van der Waals surface area contributed by atoms with E-state index in [-0.39, 0.29) is 23.4 Å². The number of carbonyl (C=O) groups excluding carboxylic acids is 1. The van der Waals surface area contributed by atoms with Crippen molar-refractivity contribution in [2.75, 3.05) is 43.4 Å². The number of fused-ring (bicyclic) bond motifs is 1. The summed E-state index contributed by atoms with van der Waals surface area (Å²) in [7, 11) is -2.10. The van der Waals surface area contributed by atoms with Crippen LogP contribution in [0.25, 0.3) is 11.0 Å². The molecule has 0 aliphatic carbocycles. The number of anilines is 2. The topological polar surface area (TPSA) is 136 Å². The number of aromatic amines is 1. The molecule has 0 spiro atoms. The predicted molar refractivity (Wildman–Crippen MR) is 125 cm³/mol. The van der Waals surface area contributed by atoms with Gasteiger partial charge in [0.05, 0.1) is 23.8 Å². The second kappa shape index (κ2) is 9.71. The Bertz CT molecular complexity index is 1230. The fourth-order valence-corrected chi connectivity index (χ4v) is 5.27. The average Bonchev–Trinajstić information content (AvgIpc) is 3.31. The van der Waals surface area contributed by atoms with E-state index in [4.69, 9.17) is 0 Å². The van der Waals surface area contributed by atoms with Gasteiger partial charge in [-0.25, -0.2) is 22.7 Å². The van der Waals surface area contributed by atoms with Gasteiger partial charge < -0.3 is 15.5 Å². The van der Waals surface area contributed by atoms with E-state index in [1.807, 2.05) is 0 Å². The average molecular weight is 473 g/mol. The molecular weight excluding hydrogens is 444 g/mol. The van der Waals surface area contributed by atoms with E-state index in [1.54, 1.807) is 37.4 Å². The van der Waals surface area contributed by atoms with Gasteiger partial charge in [0.25, 0.3) is 0 Å². The van der Waals surface area contributed by atoms with Gasteiger partial charge in [0.1, 0.15) is 17.0 Å². The van der Waals surface area contributed by atoms with Gasteiger partial charge in [-0.05, 0) is 25.0 Å². The SMILES string of the molecule is CCN(C)S(=O)(=O)c1ccccc1NCC(=O)N[C@@H]1CCCN(c2ncnc3[nH]ncc23)C1. The van der Waals surface area contributed by atoms with Crippen molar-refractivity contribution in [3.05, 3.63) is 36.8 Å². The molecule has 2 aromatic heterocycles. The molecule has 3 heterocycles. The fraction of sp³-hybridized carbons (Fsp3) is 0.429. The number of hydrogen-bond acceptors (Lipinski definition) is 8. The highest BCUT2D eigenvalue weighted by Crippen LogP contribution is 2.25. The second-order valence-electron chi connectivity index (χ2n) is 7.95. The highest BCUT2D eigenvalue weighted by molar-refractivity contribution is 7.89. The van der Waals surface area contributed by atoms with Crippen LogP contribution in [0, 0.1) is 0 Å². The summed E-state index contributed by atoms with van der Waals surface area (Å²) in [5.74, 6) is 0.596. The van der Waals surface area contributed by atoms with Crippen molar-refractivity contribution in [3.63, 3.8) is 0 Å². The van der Waals surface area contributed by atoms with Gasteiger partial charge in [-0.3, -0.25) is 9.89 Å². The molecule has 0 unspecified atom stereocenters. The van der Waals surface area contributed by atoms with E-state index in [0.29, 0.717) is 24.4 Å². The van der Waals surface area contributed by atoms with Gasteiger partial charge in [-0.2, -0.15) is 5.10 Å². The molecule has 12 heteroatoms. The number of piperidine rings is 1. The van der Waals surface area contributed by atoms with E-state index in [0.717, 1.165) is 30.6 Å². The molecule has 3 N–H and O–H groups in total. The number of nitrogens with zero attached hydrogens (tertiary/aromatic N) is 5. The quantitative estimate of drug-likeness (QED) is 0.445. The number of rotatable bonds is 8. The van der Waals surface area contributed by atoms with Crippen LogP contribution in [0.1, 0.15) is 19.8 Å². The van der Waals surface area contributed by atoms with E-state index < -0.39 is 10.0 Å². The molecule has 1 aromatic carbocycles. The summed E-state index contributed by atoms with van der Waals surface area (Å²) < 4.78 is 26.8. The summed E-state index contributed by atoms with van der Waals surface area (Å²) >= 11 is 0. The van der Waals surface area contributed by atoms with Crippen LogP contribution >= 0.6 is 0 Å². The molecule has 176 valence electrons. The number of aromatic nitrogens is 4. The van der Waals surface area contributed by atoms with E-state index in [2.05, 4.69) is 35.7 Å². The third-order valence-corrected chi connectivity index (χ3v) is 7.76. The highest BCUT2D eigenvalue weighted by atomic mass is 32.2. The molecule has 0 saturated carbocycles. The molecule has 1 amide bonds. The van der Waals surface area contributed by atoms with Crippen molar-refractivity contribution >= 4 is 38.5 Å². The first kappa shape index (κ1) is 22.9. The van der Waals surface area contributed by atoms with Crippen LogP contribution < -0.4 is 15.5 Å².